The van der Waals surface area contributed by atoms with E-state index in [1.807, 2.05) is 56.5 Å². The Morgan fingerprint density at radius 2 is 1.75 bits per heavy atom. The van der Waals surface area contributed by atoms with Crippen molar-refractivity contribution in [3.8, 4) is 28.5 Å². The highest BCUT2D eigenvalue weighted by Crippen LogP contribution is 2.43. The SMILES string of the molecule is COc1ccc(C2=COc3cc(COc4c(-c5c(Cl)cccc5Cl)noc4C(C)C)ccc3C2)cc1. The second-order valence-corrected chi connectivity index (χ2v) is 9.69. The summed E-state index contributed by atoms with van der Waals surface area (Å²) in [7, 11) is 1.66. The molecular weight excluding hydrogens is 497 g/mol. The molecule has 0 amide bonds. The van der Waals surface area contributed by atoms with Gasteiger partial charge in [0.05, 0.1) is 23.4 Å². The van der Waals surface area contributed by atoms with Crippen LogP contribution in [0.3, 0.4) is 0 Å². The average Bonchev–Trinajstić information content (AvgIpc) is 3.31. The molecule has 4 aromatic rings. The van der Waals surface area contributed by atoms with Crippen LogP contribution in [0.25, 0.3) is 16.8 Å². The summed E-state index contributed by atoms with van der Waals surface area (Å²) in [6.45, 7) is 4.34. The van der Waals surface area contributed by atoms with Crippen LogP contribution in [0.5, 0.6) is 17.2 Å². The molecule has 0 saturated heterocycles. The van der Waals surface area contributed by atoms with E-state index in [2.05, 4.69) is 11.2 Å². The third-order valence-corrected chi connectivity index (χ3v) is 6.71. The molecule has 5 nitrogen and oxygen atoms in total. The van der Waals surface area contributed by atoms with Gasteiger partial charge in [0, 0.05) is 17.9 Å². The van der Waals surface area contributed by atoms with Crippen LogP contribution in [0.2, 0.25) is 10.0 Å². The van der Waals surface area contributed by atoms with Crippen molar-refractivity contribution in [2.75, 3.05) is 7.11 Å². The number of ether oxygens (including phenoxy) is 3. The van der Waals surface area contributed by atoms with E-state index in [9.17, 15) is 0 Å². The third-order valence-electron chi connectivity index (χ3n) is 6.08. The summed E-state index contributed by atoms with van der Waals surface area (Å²) in [5.74, 6) is 2.89. The highest BCUT2D eigenvalue weighted by Gasteiger charge is 2.25. The van der Waals surface area contributed by atoms with Gasteiger partial charge in [-0.2, -0.15) is 0 Å². The number of fused-ring (bicyclic) bond motifs is 1. The summed E-state index contributed by atoms with van der Waals surface area (Å²) < 4.78 is 23.2. The van der Waals surface area contributed by atoms with Crippen molar-refractivity contribution in [2.45, 2.75) is 32.8 Å². The molecule has 1 aromatic heterocycles. The molecular formula is C29H25Cl2NO4. The monoisotopic (exact) mass is 521 g/mol. The maximum absolute atomic E-state index is 6.44. The Bertz CT molecular complexity index is 1400. The first kappa shape index (κ1) is 24.3. The fraction of sp³-hybridized carbons (Fsp3) is 0.207. The second-order valence-electron chi connectivity index (χ2n) is 8.87. The lowest BCUT2D eigenvalue weighted by atomic mass is 9.96. The molecule has 3 aromatic carbocycles. The Labute approximate surface area is 220 Å². The molecule has 7 heteroatoms. The van der Waals surface area contributed by atoms with Gasteiger partial charge >= 0.3 is 0 Å². The fourth-order valence-corrected chi connectivity index (χ4v) is 4.72. The van der Waals surface area contributed by atoms with Crippen LogP contribution in [0, 0.1) is 0 Å². The van der Waals surface area contributed by atoms with Crippen LogP contribution in [0.15, 0.2) is 71.4 Å². The van der Waals surface area contributed by atoms with Crippen molar-refractivity contribution in [1.29, 1.82) is 0 Å². The van der Waals surface area contributed by atoms with E-state index in [0.29, 0.717) is 39.4 Å². The van der Waals surface area contributed by atoms with Crippen LogP contribution in [0.4, 0.5) is 0 Å². The lowest BCUT2D eigenvalue weighted by molar-refractivity contribution is 0.288. The van der Waals surface area contributed by atoms with Crippen molar-refractivity contribution in [1.82, 2.24) is 5.16 Å². The van der Waals surface area contributed by atoms with Gasteiger partial charge in [-0.15, -0.1) is 0 Å². The smallest absolute Gasteiger partial charge is 0.190 e. The van der Waals surface area contributed by atoms with E-state index in [4.69, 9.17) is 41.9 Å². The molecule has 0 bridgehead atoms. The lowest BCUT2D eigenvalue weighted by Crippen LogP contribution is -2.05. The quantitative estimate of drug-likeness (QED) is 0.244. The molecule has 2 heterocycles. The summed E-state index contributed by atoms with van der Waals surface area (Å²) in [6, 6.07) is 19.4. The molecule has 0 spiro atoms. The van der Waals surface area contributed by atoms with Gasteiger partial charge < -0.3 is 18.7 Å². The highest BCUT2D eigenvalue weighted by atomic mass is 35.5. The maximum atomic E-state index is 6.44. The van der Waals surface area contributed by atoms with Gasteiger partial charge in [0.25, 0.3) is 0 Å². The van der Waals surface area contributed by atoms with Crippen LogP contribution in [0.1, 0.15) is 42.2 Å². The van der Waals surface area contributed by atoms with E-state index >= 15 is 0 Å². The molecule has 1 aliphatic rings. The predicted molar refractivity (Wildman–Crippen MR) is 142 cm³/mol. The molecule has 0 fully saturated rings. The Kier molecular flexibility index (Phi) is 6.95. The number of methoxy groups -OCH3 is 1. The lowest BCUT2D eigenvalue weighted by Gasteiger charge is -2.19. The summed E-state index contributed by atoms with van der Waals surface area (Å²) in [6.07, 6.45) is 2.59. The fourth-order valence-electron chi connectivity index (χ4n) is 4.14. The molecule has 5 rings (SSSR count). The van der Waals surface area contributed by atoms with Crippen LogP contribution in [-0.2, 0) is 13.0 Å². The van der Waals surface area contributed by atoms with Gasteiger partial charge in [0.15, 0.2) is 17.2 Å². The minimum absolute atomic E-state index is 0.0656. The summed E-state index contributed by atoms with van der Waals surface area (Å²) in [5, 5.41) is 5.22. The largest absolute Gasteiger partial charge is 0.497 e. The van der Waals surface area contributed by atoms with Crippen molar-refractivity contribution < 1.29 is 18.7 Å². The molecule has 0 aliphatic carbocycles. The number of hydrogen-bond acceptors (Lipinski definition) is 5. The first-order valence-electron chi connectivity index (χ1n) is 11.6. The molecule has 36 heavy (non-hydrogen) atoms. The minimum Gasteiger partial charge on any atom is -0.497 e. The van der Waals surface area contributed by atoms with Crippen molar-refractivity contribution in [3.05, 3.63) is 99.4 Å². The molecule has 184 valence electrons. The number of allylic oxidation sites excluding steroid dienone is 1. The van der Waals surface area contributed by atoms with Crippen molar-refractivity contribution in [2.24, 2.45) is 0 Å². The number of benzene rings is 3. The standard InChI is InChI=1S/C29H25Cl2NO4/c1-17(2)28-29(27(32-36-28)26-23(30)5-4-6-24(26)31)35-15-18-7-8-20-14-21(16-34-25(20)13-18)19-9-11-22(33-3)12-10-19/h4-13,16-17H,14-15H2,1-3H3. The van der Waals surface area contributed by atoms with Gasteiger partial charge in [0.1, 0.15) is 18.1 Å². The number of aromatic nitrogens is 1. The zero-order chi connectivity index (χ0) is 25.2. The number of hydrogen-bond donors (Lipinski definition) is 0. The molecule has 0 saturated carbocycles. The average molecular weight is 522 g/mol. The number of halogens is 2. The van der Waals surface area contributed by atoms with Gasteiger partial charge in [0.2, 0.25) is 0 Å². The van der Waals surface area contributed by atoms with Crippen LogP contribution >= 0.6 is 23.2 Å². The summed E-state index contributed by atoms with van der Waals surface area (Å²) >= 11 is 12.9. The van der Waals surface area contributed by atoms with E-state index < -0.39 is 0 Å². The zero-order valence-electron chi connectivity index (χ0n) is 20.2. The molecule has 0 N–H and O–H groups in total. The summed E-state index contributed by atoms with van der Waals surface area (Å²) in [5.41, 5.74) is 5.38. The van der Waals surface area contributed by atoms with E-state index in [-0.39, 0.29) is 5.92 Å². The first-order valence-corrected chi connectivity index (χ1v) is 12.4. The van der Waals surface area contributed by atoms with Crippen LogP contribution in [-0.4, -0.2) is 12.3 Å². The van der Waals surface area contributed by atoms with Crippen molar-refractivity contribution >= 4 is 28.8 Å². The summed E-state index contributed by atoms with van der Waals surface area (Å²) in [4.78, 5) is 0. The molecule has 0 radical (unpaired) electrons. The van der Waals surface area contributed by atoms with Gasteiger partial charge in [-0.05, 0) is 52.6 Å². The zero-order valence-corrected chi connectivity index (χ0v) is 21.7. The van der Waals surface area contributed by atoms with Gasteiger partial charge in [-0.25, -0.2) is 0 Å². The maximum Gasteiger partial charge on any atom is 0.190 e. The second kappa shape index (κ2) is 10.3. The Balaban J connectivity index is 1.36. The highest BCUT2D eigenvalue weighted by molar-refractivity contribution is 6.39. The van der Waals surface area contributed by atoms with E-state index in [1.54, 1.807) is 25.3 Å². The number of nitrogens with zero attached hydrogens (tertiary/aromatic N) is 1. The minimum atomic E-state index is 0.0656. The van der Waals surface area contributed by atoms with E-state index in [1.165, 1.54) is 0 Å². The van der Waals surface area contributed by atoms with Crippen molar-refractivity contribution in [3.63, 3.8) is 0 Å². The predicted octanol–water partition coefficient (Wildman–Crippen LogP) is 8.34. The molecule has 1 aliphatic heterocycles. The first-order chi connectivity index (χ1) is 17.4. The third kappa shape index (κ3) is 4.81. The Morgan fingerprint density at radius 1 is 1.00 bits per heavy atom. The number of rotatable bonds is 7. The van der Waals surface area contributed by atoms with E-state index in [0.717, 1.165) is 40.2 Å². The Morgan fingerprint density at radius 3 is 2.44 bits per heavy atom. The topological polar surface area (TPSA) is 53.7 Å². The van der Waals surface area contributed by atoms with Gasteiger partial charge in [-0.1, -0.05) is 72.5 Å². The normalized spacial score (nSPS) is 12.7. The molecule has 0 atom stereocenters. The molecule has 0 unspecified atom stereocenters. The van der Waals surface area contributed by atoms with Gasteiger partial charge in [-0.3, -0.25) is 0 Å². The van der Waals surface area contributed by atoms with Crippen LogP contribution < -0.4 is 14.2 Å². The Hall–Kier alpha value is -3.41.